The Morgan fingerprint density at radius 1 is 1.17 bits per heavy atom. The Morgan fingerprint density at radius 3 is 2.83 bits per heavy atom. The topological polar surface area (TPSA) is 74.1 Å². The monoisotopic (exact) mass is 351 g/mol. The average molecular weight is 352 g/mol. The smallest absolute Gasteiger partial charge is 0.226 e. The van der Waals surface area contributed by atoms with Crippen LogP contribution < -0.4 is 5.32 Å². The third-order valence-corrected chi connectivity index (χ3v) is 4.93. The Hall–Kier alpha value is -1.44. The lowest BCUT2D eigenvalue weighted by atomic mass is 10.0. The fourth-order valence-corrected chi connectivity index (χ4v) is 3.52. The summed E-state index contributed by atoms with van der Waals surface area (Å²) in [5.74, 6) is 1.29. The van der Waals surface area contributed by atoms with Gasteiger partial charge in [-0.2, -0.15) is 9.97 Å². The Kier molecular flexibility index (Phi) is 4.82. The molecule has 0 aromatic carbocycles. The molecule has 1 N–H and O–H groups in total. The molecule has 2 aromatic rings. The first-order valence-corrected chi connectivity index (χ1v) is 9.02. The van der Waals surface area contributed by atoms with Crippen LogP contribution in [0.1, 0.15) is 38.3 Å². The molecule has 1 unspecified atom stereocenters. The highest BCUT2D eigenvalue weighted by Crippen LogP contribution is 2.28. The second kappa shape index (κ2) is 7.21. The van der Waals surface area contributed by atoms with Gasteiger partial charge in [0.15, 0.2) is 17.0 Å². The summed E-state index contributed by atoms with van der Waals surface area (Å²) in [5, 5.41) is 3.64. The van der Waals surface area contributed by atoms with E-state index >= 15 is 0 Å². The number of anilines is 1. The van der Waals surface area contributed by atoms with Gasteiger partial charge in [0.1, 0.15) is 6.23 Å². The zero-order valence-electron chi connectivity index (χ0n) is 13.6. The molecule has 0 radical (unpaired) electrons. The van der Waals surface area contributed by atoms with E-state index in [2.05, 4.69) is 20.3 Å². The number of rotatable bonds is 4. The van der Waals surface area contributed by atoms with Gasteiger partial charge < -0.3 is 14.8 Å². The van der Waals surface area contributed by atoms with Gasteiger partial charge in [-0.25, -0.2) is 4.98 Å². The van der Waals surface area contributed by atoms with Gasteiger partial charge in [0.05, 0.1) is 6.33 Å². The van der Waals surface area contributed by atoms with Crippen molar-refractivity contribution < 1.29 is 9.47 Å². The second-order valence-electron chi connectivity index (χ2n) is 6.42. The van der Waals surface area contributed by atoms with E-state index in [1.54, 1.807) is 6.33 Å². The molecule has 4 rings (SSSR count). The number of nitrogens with zero attached hydrogens (tertiary/aromatic N) is 4. The van der Waals surface area contributed by atoms with Gasteiger partial charge >= 0.3 is 0 Å². The van der Waals surface area contributed by atoms with E-state index < -0.39 is 0 Å². The lowest BCUT2D eigenvalue weighted by molar-refractivity contribution is -0.0298. The summed E-state index contributed by atoms with van der Waals surface area (Å²) in [7, 11) is 0. The first-order chi connectivity index (χ1) is 11.8. The fraction of sp³-hybridized carbons (Fsp3) is 0.688. The molecule has 2 aliphatic rings. The first-order valence-electron chi connectivity index (χ1n) is 8.64. The average Bonchev–Trinajstić information content (AvgIpc) is 3.05. The van der Waals surface area contributed by atoms with Gasteiger partial charge in [0.25, 0.3) is 0 Å². The molecule has 0 saturated carbocycles. The van der Waals surface area contributed by atoms with Crippen molar-refractivity contribution >= 4 is 28.6 Å². The molecule has 130 valence electrons. The molecule has 8 heteroatoms. The third kappa shape index (κ3) is 3.34. The van der Waals surface area contributed by atoms with Crippen LogP contribution in [0, 0.1) is 5.92 Å². The summed E-state index contributed by atoms with van der Waals surface area (Å²) in [6, 6.07) is 0. The van der Waals surface area contributed by atoms with E-state index in [4.69, 9.17) is 21.1 Å². The van der Waals surface area contributed by atoms with Gasteiger partial charge in [0.2, 0.25) is 5.28 Å². The maximum Gasteiger partial charge on any atom is 0.226 e. The van der Waals surface area contributed by atoms with Crippen LogP contribution in [0.15, 0.2) is 6.33 Å². The lowest BCUT2D eigenvalue weighted by Crippen LogP contribution is -2.23. The molecule has 2 aliphatic heterocycles. The molecule has 0 aliphatic carbocycles. The van der Waals surface area contributed by atoms with Crippen molar-refractivity contribution in [3.05, 3.63) is 11.6 Å². The van der Waals surface area contributed by atoms with Gasteiger partial charge in [0, 0.05) is 26.4 Å². The highest BCUT2D eigenvalue weighted by atomic mass is 35.5. The summed E-state index contributed by atoms with van der Waals surface area (Å²) in [6.07, 6.45) is 7.13. The van der Waals surface area contributed by atoms with Crippen LogP contribution >= 0.6 is 11.6 Å². The summed E-state index contributed by atoms with van der Waals surface area (Å²) < 4.78 is 13.2. The minimum Gasteiger partial charge on any atom is -0.381 e. The van der Waals surface area contributed by atoms with E-state index in [1.807, 2.05) is 4.57 Å². The number of aromatic nitrogens is 4. The van der Waals surface area contributed by atoms with Crippen molar-refractivity contribution in [1.82, 2.24) is 19.5 Å². The van der Waals surface area contributed by atoms with Crippen LogP contribution in [-0.4, -0.2) is 45.9 Å². The van der Waals surface area contributed by atoms with Crippen molar-refractivity contribution in [2.75, 3.05) is 31.7 Å². The molecule has 24 heavy (non-hydrogen) atoms. The summed E-state index contributed by atoms with van der Waals surface area (Å²) in [5.41, 5.74) is 1.48. The molecule has 0 bridgehead atoms. The van der Waals surface area contributed by atoms with Crippen LogP contribution in [0.3, 0.4) is 0 Å². The molecule has 0 spiro atoms. The molecular weight excluding hydrogens is 330 g/mol. The van der Waals surface area contributed by atoms with Crippen LogP contribution in [-0.2, 0) is 9.47 Å². The summed E-state index contributed by atoms with van der Waals surface area (Å²) in [6.45, 7) is 3.29. The predicted molar refractivity (Wildman–Crippen MR) is 91.2 cm³/mol. The molecule has 2 aromatic heterocycles. The van der Waals surface area contributed by atoms with Crippen molar-refractivity contribution in [1.29, 1.82) is 0 Å². The van der Waals surface area contributed by atoms with Crippen LogP contribution in [0.2, 0.25) is 5.28 Å². The molecule has 2 fully saturated rings. The third-order valence-electron chi connectivity index (χ3n) is 4.76. The van der Waals surface area contributed by atoms with Crippen LogP contribution in [0.25, 0.3) is 11.2 Å². The van der Waals surface area contributed by atoms with Crippen molar-refractivity contribution in [2.45, 2.75) is 38.3 Å². The normalized spacial score (nSPS) is 22.8. The van der Waals surface area contributed by atoms with Gasteiger partial charge in [-0.1, -0.05) is 0 Å². The fourth-order valence-electron chi connectivity index (χ4n) is 3.36. The lowest BCUT2D eigenvalue weighted by Gasteiger charge is -2.24. The van der Waals surface area contributed by atoms with E-state index in [-0.39, 0.29) is 11.5 Å². The number of halogens is 1. The number of hydrogen-bond donors (Lipinski definition) is 1. The molecule has 2 saturated heterocycles. The Bertz CT molecular complexity index is 695. The molecular formula is C16H22ClN5O2. The van der Waals surface area contributed by atoms with E-state index in [0.29, 0.717) is 11.7 Å². The quantitative estimate of drug-likeness (QED) is 0.853. The zero-order chi connectivity index (χ0) is 16.4. The van der Waals surface area contributed by atoms with E-state index in [1.165, 1.54) is 0 Å². The van der Waals surface area contributed by atoms with E-state index in [0.717, 1.165) is 69.6 Å². The first kappa shape index (κ1) is 16.1. The summed E-state index contributed by atoms with van der Waals surface area (Å²) in [4.78, 5) is 13.2. The molecule has 0 amide bonds. The standard InChI is InChI=1S/C16H22ClN5O2/c17-16-20-14(18-9-11-4-7-23-8-5-11)13-15(21-16)22(10-19-13)12-3-1-2-6-24-12/h10-12H,1-9H2,(H,18,20,21). The predicted octanol–water partition coefficient (Wildman–Crippen LogP) is 3.02. The van der Waals surface area contributed by atoms with Crippen molar-refractivity contribution in [3.8, 4) is 0 Å². The Morgan fingerprint density at radius 2 is 2.04 bits per heavy atom. The minimum atomic E-state index is -0.0157. The maximum absolute atomic E-state index is 6.15. The number of nitrogens with one attached hydrogen (secondary N) is 1. The largest absolute Gasteiger partial charge is 0.381 e. The second-order valence-corrected chi connectivity index (χ2v) is 6.76. The number of ether oxygens (including phenoxy) is 2. The van der Waals surface area contributed by atoms with Crippen LogP contribution in [0.4, 0.5) is 5.82 Å². The summed E-state index contributed by atoms with van der Waals surface area (Å²) >= 11 is 6.15. The van der Waals surface area contributed by atoms with Crippen molar-refractivity contribution in [3.63, 3.8) is 0 Å². The maximum atomic E-state index is 6.15. The minimum absolute atomic E-state index is 0.0157. The highest BCUT2D eigenvalue weighted by molar-refractivity contribution is 6.28. The SMILES string of the molecule is Clc1nc(NCC2CCOCC2)c2ncn(C3CCCCO3)c2n1. The van der Waals surface area contributed by atoms with Crippen molar-refractivity contribution in [2.24, 2.45) is 5.92 Å². The van der Waals surface area contributed by atoms with Gasteiger partial charge in [-0.15, -0.1) is 0 Å². The Balaban J connectivity index is 1.57. The Labute approximate surface area is 145 Å². The van der Waals surface area contributed by atoms with Crippen LogP contribution in [0.5, 0.6) is 0 Å². The molecule has 1 atom stereocenters. The number of hydrogen-bond acceptors (Lipinski definition) is 6. The highest BCUT2D eigenvalue weighted by Gasteiger charge is 2.21. The number of fused-ring (bicyclic) bond motifs is 1. The zero-order valence-corrected chi connectivity index (χ0v) is 14.3. The van der Waals surface area contributed by atoms with Gasteiger partial charge in [-0.05, 0) is 49.6 Å². The molecule has 7 nitrogen and oxygen atoms in total. The van der Waals surface area contributed by atoms with E-state index in [9.17, 15) is 0 Å². The number of imidazole rings is 1. The molecule has 4 heterocycles. The van der Waals surface area contributed by atoms with Gasteiger partial charge in [-0.3, -0.25) is 4.57 Å².